The van der Waals surface area contributed by atoms with Crippen molar-refractivity contribution in [3.05, 3.63) is 39.9 Å². The number of hydrogen-bond acceptors (Lipinski definition) is 5. The van der Waals surface area contributed by atoms with Crippen LogP contribution < -0.4 is 5.32 Å². The molecule has 2 heterocycles. The van der Waals surface area contributed by atoms with Gasteiger partial charge in [-0.2, -0.15) is 0 Å². The highest BCUT2D eigenvalue weighted by Crippen LogP contribution is 2.27. The van der Waals surface area contributed by atoms with Gasteiger partial charge in [-0.3, -0.25) is 9.59 Å². The molecule has 1 saturated heterocycles. The minimum atomic E-state index is -0.356. The van der Waals surface area contributed by atoms with Crippen LogP contribution in [0, 0.1) is 5.92 Å². The van der Waals surface area contributed by atoms with E-state index >= 15 is 0 Å². The fraction of sp³-hybridized carbons (Fsp3) is 0.444. The Labute approximate surface area is 161 Å². The van der Waals surface area contributed by atoms with Gasteiger partial charge in [0.25, 0.3) is 0 Å². The van der Waals surface area contributed by atoms with Gasteiger partial charge in [-0.05, 0) is 38.5 Å². The van der Waals surface area contributed by atoms with Crippen LogP contribution in [0.25, 0.3) is 0 Å². The van der Waals surface area contributed by atoms with Crippen molar-refractivity contribution in [1.82, 2.24) is 15.1 Å². The molecule has 1 aliphatic rings. The van der Waals surface area contributed by atoms with Crippen molar-refractivity contribution in [3.63, 3.8) is 0 Å². The molecule has 8 heteroatoms. The van der Waals surface area contributed by atoms with Gasteiger partial charge in [-0.15, -0.1) is 10.2 Å². The van der Waals surface area contributed by atoms with Crippen LogP contribution >= 0.6 is 22.9 Å². The van der Waals surface area contributed by atoms with Crippen LogP contribution in [0.15, 0.2) is 24.3 Å². The molecule has 0 spiro atoms. The van der Waals surface area contributed by atoms with E-state index in [-0.39, 0.29) is 29.7 Å². The summed E-state index contributed by atoms with van der Waals surface area (Å²) in [6.45, 7) is 6.35. The first-order valence-corrected chi connectivity index (χ1v) is 9.60. The standard InChI is InChI=1S/C18H21ClN4O2S/c1-18(2,3)23-10-12(9-15(23)24)16(25)20-17-22-21-14(26-17)8-11-4-6-13(19)7-5-11/h4-7,12H,8-10H2,1-3H3,(H,20,22,25). The highest BCUT2D eigenvalue weighted by atomic mass is 35.5. The summed E-state index contributed by atoms with van der Waals surface area (Å²) in [4.78, 5) is 26.4. The summed E-state index contributed by atoms with van der Waals surface area (Å²) in [5, 5.41) is 12.9. The molecule has 1 aromatic heterocycles. The number of hydrogen-bond donors (Lipinski definition) is 1. The third-order valence-corrected chi connectivity index (χ3v) is 5.36. The molecule has 3 rings (SSSR count). The van der Waals surface area contributed by atoms with Gasteiger partial charge in [0.2, 0.25) is 16.9 Å². The number of nitrogens with zero attached hydrogens (tertiary/aromatic N) is 3. The van der Waals surface area contributed by atoms with Crippen molar-refractivity contribution >= 4 is 39.9 Å². The van der Waals surface area contributed by atoms with Gasteiger partial charge in [0.15, 0.2) is 0 Å². The lowest BCUT2D eigenvalue weighted by atomic mass is 10.1. The molecule has 2 aromatic rings. The molecule has 26 heavy (non-hydrogen) atoms. The Morgan fingerprint density at radius 1 is 1.31 bits per heavy atom. The fourth-order valence-corrected chi connectivity index (χ4v) is 3.79. The summed E-state index contributed by atoms with van der Waals surface area (Å²) >= 11 is 7.23. The number of likely N-dealkylation sites (tertiary alicyclic amines) is 1. The first kappa shape index (κ1) is 18.8. The van der Waals surface area contributed by atoms with Crippen molar-refractivity contribution in [1.29, 1.82) is 0 Å². The second-order valence-electron chi connectivity index (χ2n) is 7.37. The largest absolute Gasteiger partial charge is 0.337 e. The van der Waals surface area contributed by atoms with Crippen LogP contribution in [0.2, 0.25) is 5.02 Å². The Morgan fingerprint density at radius 2 is 2.00 bits per heavy atom. The highest BCUT2D eigenvalue weighted by molar-refractivity contribution is 7.15. The Morgan fingerprint density at radius 3 is 2.62 bits per heavy atom. The molecule has 1 aliphatic heterocycles. The van der Waals surface area contributed by atoms with E-state index in [4.69, 9.17) is 11.6 Å². The second kappa shape index (κ2) is 7.32. The number of amides is 2. The van der Waals surface area contributed by atoms with Crippen LogP contribution in [0.3, 0.4) is 0 Å². The minimum Gasteiger partial charge on any atom is -0.337 e. The lowest BCUT2D eigenvalue weighted by molar-refractivity contribution is -0.131. The van der Waals surface area contributed by atoms with Crippen molar-refractivity contribution in [2.24, 2.45) is 5.92 Å². The van der Waals surface area contributed by atoms with E-state index in [1.54, 1.807) is 4.90 Å². The first-order chi connectivity index (χ1) is 12.2. The maximum absolute atomic E-state index is 12.5. The molecule has 1 N–H and O–H groups in total. The molecule has 1 unspecified atom stereocenters. The van der Waals surface area contributed by atoms with E-state index in [1.165, 1.54) is 11.3 Å². The molecule has 6 nitrogen and oxygen atoms in total. The number of benzene rings is 1. The highest BCUT2D eigenvalue weighted by Gasteiger charge is 2.39. The molecule has 138 valence electrons. The average Bonchev–Trinajstić information content (AvgIpc) is 3.16. The van der Waals surface area contributed by atoms with Crippen molar-refractivity contribution in [3.8, 4) is 0 Å². The molecule has 1 fully saturated rings. The molecular weight excluding hydrogens is 372 g/mol. The Kier molecular flexibility index (Phi) is 5.29. The predicted octanol–water partition coefficient (Wildman–Crippen LogP) is 3.37. The number of rotatable bonds is 4. The van der Waals surface area contributed by atoms with Gasteiger partial charge in [0, 0.05) is 29.9 Å². The zero-order valence-electron chi connectivity index (χ0n) is 15.0. The molecule has 2 amide bonds. The summed E-state index contributed by atoms with van der Waals surface area (Å²) < 4.78 is 0. The molecule has 0 bridgehead atoms. The third kappa shape index (κ3) is 4.40. The van der Waals surface area contributed by atoms with E-state index in [1.807, 2.05) is 45.0 Å². The third-order valence-electron chi connectivity index (χ3n) is 4.27. The normalized spacial score (nSPS) is 17.6. The molecule has 1 aromatic carbocycles. The number of anilines is 1. The number of nitrogens with one attached hydrogen (secondary N) is 1. The molecule has 0 radical (unpaired) electrons. The maximum atomic E-state index is 12.5. The van der Waals surface area contributed by atoms with Crippen molar-refractivity contribution < 1.29 is 9.59 Å². The quantitative estimate of drug-likeness (QED) is 0.865. The van der Waals surface area contributed by atoms with E-state index in [9.17, 15) is 9.59 Å². The van der Waals surface area contributed by atoms with Gasteiger partial charge < -0.3 is 10.2 Å². The van der Waals surface area contributed by atoms with Gasteiger partial charge in [0.05, 0.1) is 5.92 Å². The Bertz CT molecular complexity index is 813. The van der Waals surface area contributed by atoms with E-state index in [0.717, 1.165) is 10.6 Å². The predicted molar refractivity (Wildman–Crippen MR) is 102 cm³/mol. The van der Waals surface area contributed by atoms with Crippen LogP contribution in [0.1, 0.15) is 37.8 Å². The summed E-state index contributed by atoms with van der Waals surface area (Å²) in [6, 6.07) is 7.54. The van der Waals surface area contributed by atoms with E-state index in [0.29, 0.717) is 23.1 Å². The van der Waals surface area contributed by atoms with Crippen LogP contribution in [-0.2, 0) is 16.0 Å². The Balaban J connectivity index is 1.60. The van der Waals surface area contributed by atoms with Crippen LogP contribution in [0.5, 0.6) is 0 Å². The van der Waals surface area contributed by atoms with Gasteiger partial charge in [0.1, 0.15) is 5.01 Å². The number of aromatic nitrogens is 2. The molecule has 0 saturated carbocycles. The van der Waals surface area contributed by atoms with E-state index in [2.05, 4.69) is 15.5 Å². The molecule has 1 atom stereocenters. The minimum absolute atomic E-state index is 0.0124. The SMILES string of the molecule is CC(C)(C)N1CC(C(=O)Nc2nnc(Cc3ccc(Cl)cc3)s2)CC1=O. The molecule has 0 aliphatic carbocycles. The van der Waals surface area contributed by atoms with Gasteiger partial charge >= 0.3 is 0 Å². The first-order valence-electron chi connectivity index (χ1n) is 8.40. The molecular formula is C18H21ClN4O2S. The average molecular weight is 393 g/mol. The van der Waals surface area contributed by atoms with E-state index < -0.39 is 0 Å². The lowest BCUT2D eigenvalue weighted by Crippen LogP contribution is -2.42. The lowest BCUT2D eigenvalue weighted by Gasteiger charge is -2.31. The summed E-state index contributed by atoms with van der Waals surface area (Å²) in [5.41, 5.74) is 0.797. The number of carbonyl (C=O) groups excluding carboxylic acids is 2. The maximum Gasteiger partial charge on any atom is 0.231 e. The van der Waals surface area contributed by atoms with Crippen LogP contribution in [-0.4, -0.2) is 39.0 Å². The topological polar surface area (TPSA) is 75.2 Å². The van der Waals surface area contributed by atoms with Crippen molar-refractivity contribution in [2.45, 2.75) is 39.2 Å². The van der Waals surface area contributed by atoms with Crippen molar-refractivity contribution in [2.75, 3.05) is 11.9 Å². The fourth-order valence-electron chi connectivity index (χ4n) is 2.89. The van der Waals surface area contributed by atoms with Gasteiger partial charge in [-0.1, -0.05) is 35.1 Å². The smallest absolute Gasteiger partial charge is 0.231 e. The van der Waals surface area contributed by atoms with Gasteiger partial charge in [-0.25, -0.2) is 0 Å². The number of carbonyl (C=O) groups is 2. The Hall–Kier alpha value is -1.99. The summed E-state index contributed by atoms with van der Waals surface area (Å²) in [7, 11) is 0. The zero-order chi connectivity index (χ0) is 18.9. The van der Waals surface area contributed by atoms with Crippen LogP contribution in [0.4, 0.5) is 5.13 Å². The monoisotopic (exact) mass is 392 g/mol. The number of halogens is 1. The summed E-state index contributed by atoms with van der Waals surface area (Å²) in [5.74, 6) is -0.525. The second-order valence-corrected chi connectivity index (χ2v) is 8.87. The summed E-state index contributed by atoms with van der Waals surface area (Å²) in [6.07, 6.45) is 0.865. The zero-order valence-corrected chi connectivity index (χ0v) is 16.5.